The van der Waals surface area contributed by atoms with Crippen LogP contribution in [-0.4, -0.2) is 18.6 Å². The second kappa shape index (κ2) is 3.48. The minimum atomic E-state index is -0.215. The molecule has 2 N–H and O–H groups in total. The molecule has 4 aliphatic carbocycles. The molecule has 0 atom stereocenters. The van der Waals surface area contributed by atoms with Gasteiger partial charge in [-0.1, -0.05) is 0 Å². The van der Waals surface area contributed by atoms with Crippen LogP contribution in [0.15, 0.2) is 0 Å². The lowest BCUT2D eigenvalue weighted by molar-refractivity contribution is -0.169. The Labute approximate surface area is 90.4 Å². The molecule has 0 aromatic rings. The highest BCUT2D eigenvalue weighted by Crippen LogP contribution is 2.54. The van der Waals surface area contributed by atoms with E-state index in [0.717, 1.165) is 11.8 Å². The highest BCUT2D eigenvalue weighted by atomic mass is 16.5. The van der Waals surface area contributed by atoms with E-state index < -0.39 is 0 Å². The van der Waals surface area contributed by atoms with Crippen LogP contribution >= 0.6 is 0 Å². The molecule has 4 aliphatic rings. The number of hydrogen-bond acceptors (Lipinski definition) is 3. The Balaban J connectivity index is 1.72. The molecule has 0 aromatic carbocycles. The van der Waals surface area contributed by atoms with Crippen molar-refractivity contribution in [2.24, 2.45) is 29.4 Å². The predicted octanol–water partition coefficient (Wildman–Crippen LogP) is 1.31. The van der Waals surface area contributed by atoms with Gasteiger partial charge in [-0.3, -0.25) is 4.79 Å². The first-order valence-electron chi connectivity index (χ1n) is 6.15. The fourth-order valence-corrected chi connectivity index (χ4v) is 4.27. The summed E-state index contributed by atoms with van der Waals surface area (Å²) < 4.78 is 5.51. The van der Waals surface area contributed by atoms with E-state index in [1.54, 1.807) is 0 Å². The fraction of sp³-hybridized carbons (Fsp3) is 0.917. The van der Waals surface area contributed by atoms with E-state index in [0.29, 0.717) is 11.8 Å². The second-order valence-corrected chi connectivity index (χ2v) is 5.59. The molecule has 4 bridgehead atoms. The lowest BCUT2D eigenvalue weighted by Gasteiger charge is -2.53. The Morgan fingerprint density at radius 2 is 1.60 bits per heavy atom. The Morgan fingerprint density at radius 3 is 2.07 bits per heavy atom. The molecule has 3 nitrogen and oxygen atoms in total. The first-order chi connectivity index (χ1) is 7.26. The van der Waals surface area contributed by atoms with Crippen LogP contribution in [0.4, 0.5) is 0 Å². The molecule has 84 valence electrons. The molecule has 4 rings (SSSR count). The molecule has 4 saturated carbocycles. The van der Waals surface area contributed by atoms with Crippen molar-refractivity contribution in [3.63, 3.8) is 0 Å². The number of hydrogen-bond donors (Lipinski definition) is 1. The zero-order valence-corrected chi connectivity index (χ0v) is 9.02. The van der Waals surface area contributed by atoms with Gasteiger partial charge in [-0.2, -0.15) is 0 Å². The molecule has 0 amide bonds. The van der Waals surface area contributed by atoms with Gasteiger partial charge in [0, 0.05) is 0 Å². The normalized spacial score (nSPS) is 46.9. The van der Waals surface area contributed by atoms with E-state index in [2.05, 4.69) is 0 Å². The highest BCUT2D eigenvalue weighted by molar-refractivity contribution is 5.71. The average Bonchev–Trinajstić information content (AvgIpc) is 2.22. The van der Waals surface area contributed by atoms with Crippen LogP contribution in [0.25, 0.3) is 0 Å². The molecular formula is C12H19NO2. The maximum atomic E-state index is 11.3. The van der Waals surface area contributed by atoms with Crippen LogP contribution in [0.2, 0.25) is 0 Å². The summed E-state index contributed by atoms with van der Waals surface area (Å²) in [6.45, 7) is 0.0306. The molecule has 0 aliphatic heterocycles. The van der Waals surface area contributed by atoms with E-state index in [4.69, 9.17) is 10.5 Å². The van der Waals surface area contributed by atoms with Gasteiger partial charge in [-0.05, 0) is 55.8 Å². The van der Waals surface area contributed by atoms with Crippen LogP contribution in [0.1, 0.15) is 32.1 Å². The van der Waals surface area contributed by atoms with Crippen molar-refractivity contribution in [2.75, 3.05) is 6.54 Å². The second-order valence-electron chi connectivity index (χ2n) is 5.59. The van der Waals surface area contributed by atoms with Crippen molar-refractivity contribution in [1.29, 1.82) is 0 Å². The first-order valence-corrected chi connectivity index (χ1v) is 6.15. The van der Waals surface area contributed by atoms with Crippen LogP contribution in [0.5, 0.6) is 0 Å². The number of rotatable bonds is 2. The number of ether oxygens (including phenoxy) is 1. The third-order valence-corrected chi connectivity index (χ3v) is 4.57. The van der Waals surface area contributed by atoms with Crippen LogP contribution in [0.3, 0.4) is 0 Å². The molecular weight excluding hydrogens is 190 g/mol. The molecule has 4 fully saturated rings. The summed E-state index contributed by atoms with van der Waals surface area (Å²) in [5, 5.41) is 0. The summed E-state index contributed by atoms with van der Waals surface area (Å²) in [6.07, 6.45) is 6.79. The van der Waals surface area contributed by atoms with Gasteiger partial charge >= 0.3 is 5.97 Å². The standard InChI is InChI=1S/C12H19NO2/c13-6-11(14)15-12-9-2-7-1-8(4-9)5-10(12)3-7/h7-10,12H,1-6,13H2. The minimum Gasteiger partial charge on any atom is -0.461 e. The zero-order chi connectivity index (χ0) is 10.4. The topological polar surface area (TPSA) is 52.3 Å². The predicted molar refractivity (Wildman–Crippen MR) is 56.0 cm³/mol. The summed E-state index contributed by atoms with van der Waals surface area (Å²) in [6, 6.07) is 0. The van der Waals surface area contributed by atoms with E-state index >= 15 is 0 Å². The van der Waals surface area contributed by atoms with Crippen molar-refractivity contribution in [3.05, 3.63) is 0 Å². The SMILES string of the molecule is NCC(=O)OC1C2CC3CC(C2)CC1C3. The summed E-state index contributed by atoms with van der Waals surface area (Å²) >= 11 is 0. The van der Waals surface area contributed by atoms with Crippen LogP contribution in [-0.2, 0) is 9.53 Å². The van der Waals surface area contributed by atoms with Gasteiger partial charge < -0.3 is 10.5 Å². The number of esters is 1. The first kappa shape index (κ1) is 9.64. The molecule has 0 spiro atoms. The van der Waals surface area contributed by atoms with Gasteiger partial charge in [-0.15, -0.1) is 0 Å². The summed E-state index contributed by atoms with van der Waals surface area (Å²) in [5.74, 6) is 2.95. The van der Waals surface area contributed by atoms with Crippen molar-refractivity contribution >= 4 is 5.97 Å². The molecule has 0 aromatic heterocycles. The van der Waals surface area contributed by atoms with Crippen LogP contribution < -0.4 is 5.73 Å². The van der Waals surface area contributed by atoms with Gasteiger partial charge in [0.25, 0.3) is 0 Å². The Hall–Kier alpha value is -0.570. The van der Waals surface area contributed by atoms with Crippen LogP contribution in [0, 0.1) is 23.7 Å². The van der Waals surface area contributed by atoms with Crippen molar-refractivity contribution in [1.82, 2.24) is 0 Å². The summed E-state index contributed by atoms with van der Waals surface area (Å²) in [4.78, 5) is 11.3. The monoisotopic (exact) mass is 209 g/mol. The van der Waals surface area contributed by atoms with E-state index in [1.807, 2.05) is 0 Å². The fourth-order valence-electron chi connectivity index (χ4n) is 4.27. The highest BCUT2D eigenvalue weighted by Gasteiger charge is 2.49. The smallest absolute Gasteiger partial charge is 0.319 e. The maximum Gasteiger partial charge on any atom is 0.319 e. The minimum absolute atomic E-state index is 0.0306. The summed E-state index contributed by atoms with van der Waals surface area (Å²) in [5.41, 5.74) is 5.30. The van der Waals surface area contributed by atoms with E-state index in [-0.39, 0.29) is 18.6 Å². The molecule has 0 heterocycles. The Kier molecular flexibility index (Phi) is 2.23. The average molecular weight is 209 g/mol. The summed E-state index contributed by atoms with van der Waals surface area (Å²) in [7, 11) is 0. The Bertz CT molecular complexity index is 249. The van der Waals surface area contributed by atoms with Gasteiger partial charge in [0.05, 0.1) is 6.54 Å². The van der Waals surface area contributed by atoms with Crippen molar-refractivity contribution in [3.8, 4) is 0 Å². The van der Waals surface area contributed by atoms with E-state index in [9.17, 15) is 4.79 Å². The van der Waals surface area contributed by atoms with E-state index in [1.165, 1.54) is 32.1 Å². The molecule has 0 saturated heterocycles. The lowest BCUT2D eigenvalue weighted by atomic mass is 9.55. The molecule has 3 heteroatoms. The van der Waals surface area contributed by atoms with Gasteiger partial charge in [0.15, 0.2) is 0 Å². The molecule has 0 unspecified atom stereocenters. The maximum absolute atomic E-state index is 11.3. The largest absolute Gasteiger partial charge is 0.461 e. The van der Waals surface area contributed by atoms with Gasteiger partial charge in [0.1, 0.15) is 6.10 Å². The number of carbonyl (C=O) groups is 1. The van der Waals surface area contributed by atoms with Crippen molar-refractivity contribution < 1.29 is 9.53 Å². The van der Waals surface area contributed by atoms with Gasteiger partial charge in [-0.25, -0.2) is 0 Å². The van der Waals surface area contributed by atoms with Gasteiger partial charge in [0.2, 0.25) is 0 Å². The third kappa shape index (κ3) is 1.57. The lowest BCUT2D eigenvalue weighted by Crippen LogP contribution is -2.50. The number of carbonyl (C=O) groups excluding carboxylic acids is 1. The Morgan fingerprint density at radius 1 is 1.07 bits per heavy atom. The van der Waals surface area contributed by atoms with Crippen molar-refractivity contribution in [2.45, 2.75) is 38.2 Å². The third-order valence-electron chi connectivity index (χ3n) is 4.57. The quantitative estimate of drug-likeness (QED) is 0.698. The number of nitrogens with two attached hydrogens (primary N) is 1. The molecule has 0 radical (unpaired) electrons. The zero-order valence-electron chi connectivity index (χ0n) is 9.02. The molecule has 15 heavy (non-hydrogen) atoms.